The quantitative estimate of drug-likeness (QED) is 0.748. The number of hydrogen-bond donors (Lipinski definition) is 3. The third kappa shape index (κ3) is 3.79. The Bertz CT molecular complexity index is 550. The predicted molar refractivity (Wildman–Crippen MR) is 87.3 cm³/mol. The number of carbonyl (C=O) groups excluding carboxylic acids is 1. The molecule has 1 aromatic heterocycles. The highest BCUT2D eigenvalue weighted by Gasteiger charge is 2.48. The molecular weight excluding hydrogens is 310 g/mol. The molecule has 2 aliphatic rings. The minimum Gasteiger partial charge on any atom is -0.388 e. The highest BCUT2D eigenvalue weighted by atomic mass is 16.5. The molecule has 1 aromatic rings. The molecule has 2 saturated heterocycles. The standard InChI is InChI=1S/C17H27N3O4/c1-16(23)12-17(24-11-14(16)21)5-7-20(8-6-17)15(22)4-2-3-13-9-18-19-10-13/h9-10,14,21,23H,2-8,11-12H2,1H3,(H,18,19)/t14-,16-/m0/s1. The zero-order valence-corrected chi connectivity index (χ0v) is 14.2. The third-order valence-electron chi connectivity index (χ3n) is 5.38. The summed E-state index contributed by atoms with van der Waals surface area (Å²) in [5.41, 5.74) is -0.400. The molecule has 2 fully saturated rings. The zero-order valence-electron chi connectivity index (χ0n) is 14.2. The van der Waals surface area contributed by atoms with Crippen molar-refractivity contribution in [1.29, 1.82) is 0 Å². The van der Waals surface area contributed by atoms with E-state index in [4.69, 9.17) is 4.74 Å². The molecule has 1 spiro atoms. The molecule has 3 rings (SSSR count). The molecule has 7 heteroatoms. The molecule has 0 saturated carbocycles. The number of ether oxygens (including phenoxy) is 1. The summed E-state index contributed by atoms with van der Waals surface area (Å²) in [5, 5.41) is 26.8. The average Bonchev–Trinajstić information content (AvgIpc) is 3.05. The van der Waals surface area contributed by atoms with E-state index in [2.05, 4.69) is 10.2 Å². The number of nitrogens with zero attached hydrogens (tertiary/aromatic N) is 2. The fraction of sp³-hybridized carbons (Fsp3) is 0.765. The molecule has 2 aliphatic heterocycles. The molecule has 0 bridgehead atoms. The Morgan fingerprint density at radius 1 is 1.50 bits per heavy atom. The molecular formula is C17H27N3O4. The Morgan fingerprint density at radius 3 is 2.88 bits per heavy atom. The van der Waals surface area contributed by atoms with Gasteiger partial charge in [-0.25, -0.2) is 0 Å². The van der Waals surface area contributed by atoms with Crippen LogP contribution in [0.1, 0.15) is 44.6 Å². The SMILES string of the molecule is C[C@]1(O)CC2(CCN(C(=O)CCCc3cn[nH]c3)CC2)OC[C@@H]1O. The van der Waals surface area contributed by atoms with E-state index in [1.165, 1.54) is 0 Å². The molecule has 0 aliphatic carbocycles. The maximum atomic E-state index is 12.3. The van der Waals surface area contributed by atoms with Crippen LogP contribution in [0, 0.1) is 0 Å². The Balaban J connectivity index is 1.45. The van der Waals surface area contributed by atoms with Crippen molar-refractivity contribution in [3.05, 3.63) is 18.0 Å². The number of H-pyrrole nitrogens is 1. The van der Waals surface area contributed by atoms with Gasteiger partial charge in [-0.15, -0.1) is 0 Å². The number of aromatic nitrogens is 2. The summed E-state index contributed by atoms with van der Waals surface area (Å²) in [4.78, 5) is 14.2. The maximum Gasteiger partial charge on any atom is 0.222 e. The first-order valence-corrected chi connectivity index (χ1v) is 8.70. The minimum absolute atomic E-state index is 0.158. The molecule has 3 heterocycles. The van der Waals surface area contributed by atoms with Gasteiger partial charge in [0.25, 0.3) is 0 Å². The zero-order chi connectivity index (χ0) is 17.2. The Hall–Kier alpha value is -1.44. The molecule has 134 valence electrons. The van der Waals surface area contributed by atoms with E-state index in [1.807, 2.05) is 11.1 Å². The second-order valence-corrected chi connectivity index (χ2v) is 7.38. The molecule has 0 radical (unpaired) electrons. The van der Waals surface area contributed by atoms with Crippen molar-refractivity contribution in [1.82, 2.24) is 15.1 Å². The van der Waals surface area contributed by atoms with Gasteiger partial charge < -0.3 is 19.8 Å². The topological polar surface area (TPSA) is 98.7 Å². The summed E-state index contributed by atoms with van der Waals surface area (Å²) in [5.74, 6) is 0.177. The maximum absolute atomic E-state index is 12.3. The van der Waals surface area contributed by atoms with Crippen molar-refractivity contribution in [3.63, 3.8) is 0 Å². The number of hydrogen-bond acceptors (Lipinski definition) is 5. The first kappa shape index (κ1) is 17.4. The van der Waals surface area contributed by atoms with Gasteiger partial charge in [-0.2, -0.15) is 5.10 Å². The predicted octanol–water partition coefficient (Wildman–Crippen LogP) is 0.626. The van der Waals surface area contributed by atoms with Crippen LogP contribution in [0.3, 0.4) is 0 Å². The summed E-state index contributed by atoms with van der Waals surface area (Å²) in [6.07, 6.45) is 6.85. The van der Waals surface area contributed by atoms with E-state index in [9.17, 15) is 15.0 Å². The van der Waals surface area contributed by atoms with Crippen molar-refractivity contribution >= 4 is 5.91 Å². The number of aliphatic hydroxyl groups excluding tert-OH is 1. The third-order valence-corrected chi connectivity index (χ3v) is 5.38. The number of carbonyl (C=O) groups is 1. The van der Waals surface area contributed by atoms with Gasteiger partial charge in [-0.1, -0.05) is 0 Å². The van der Waals surface area contributed by atoms with Gasteiger partial charge in [0, 0.05) is 32.1 Å². The van der Waals surface area contributed by atoms with Crippen LogP contribution in [-0.2, 0) is 16.0 Å². The monoisotopic (exact) mass is 337 g/mol. The summed E-state index contributed by atoms with van der Waals surface area (Å²) >= 11 is 0. The summed E-state index contributed by atoms with van der Waals surface area (Å²) in [6, 6.07) is 0. The highest BCUT2D eigenvalue weighted by molar-refractivity contribution is 5.76. The van der Waals surface area contributed by atoms with Gasteiger partial charge in [-0.05, 0) is 38.2 Å². The van der Waals surface area contributed by atoms with Crippen LogP contribution in [0.2, 0.25) is 0 Å². The molecule has 3 N–H and O–H groups in total. The number of aryl methyl sites for hydroxylation is 1. The average molecular weight is 337 g/mol. The summed E-state index contributed by atoms with van der Waals surface area (Å²) < 4.78 is 5.85. The highest BCUT2D eigenvalue weighted by Crippen LogP contribution is 2.39. The van der Waals surface area contributed by atoms with Gasteiger partial charge in [0.1, 0.15) is 6.10 Å². The summed E-state index contributed by atoms with van der Waals surface area (Å²) in [7, 11) is 0. The fourth-order valence-corrected chi connectivity index (χ4v) is 3.76. The van der Waals surface area contributed by atoms with Crippen molar-refractivity contribution in [3.8, 4) is 0 Å². The van der Waals surface area contributed by atoms with Crippen LogP contribution in [0.15, 0.2) is 12.4 Å². The van der Waals surface area contributed by atoms with Gasteiger partial charge in [0.05, 0.1) is 24.0 Å². The molecule has 24 heavy (non-hydrogen) atoms. The van der Waals surface area contributed by atoms with E-state index in [0.29, 0.717) is 38.8 Å². The van der Waals surface area contributed by atoms with Crippen molar-refractivity contribution < 1.29 is 19.7 Å². The van der Waals surface area contributed by atoms with Crippen molar-refractivity contribution in [2.24, 2.45) is 0 Å². The van der Waals surface area contributed by atoms with Crippen LogP contribution < -0.4 is 0 Å². The first-order valence-electron chi connectivity index (χ1n) is 8.70. The number of amides is 1. The Morgan fingerprint density at radius 2 is 2.25 bits per heavy atom. The lowest BCUT2D eigenvalue weighted by Gasteiger charge is -2.49. The van der Waals surface area contributed by atoms with E-state index in [-0.39, 0.29) is 12.5 Å². The second kappa shape index (κ2) is 6.82. The molecule has 2 atom stereocenters. The molecule has 0 unspecified atom stereocenters. The number of aliphatic hydroxyl groups is 2. The van der Waals surface area contributed by atoms with Crippen LogP contribution >= 0.6 is 0 Å². The van der Waals surface area contributed by atoms with Crippen LogP contribution in [0.4, 0.5) is 0 Å². The van der Waals surface area contributed by atoms with Gasteiger partial charge in [0.2, 0.25) is 5.91 Å². The number of aromatic amines is 1. The van der Waals surface area contributed by atoms with E-state index in [1.54, 1.807) is 13.1 Å². The van der Waals surface area contributed by atoms with Gasteiger partial charge in [-0.3, -0.25) is 9.89 Å². The van der Waals surface area contributed by atoms with Crippen LogP contribution in [-0.4, -0.2) is 68.2 Å². The lowest BCUT2D eigenvalue weighted by Crippen LogP contribution is -2.59. The summed E-state index contributed by atoms with van der Waals surface area (Å²) in [6.45, 7) is 3.12. The number of likely N-dealkylation sites (tertiary alicyclic amines) is 1. The molecule has 1 amide bonds. The lowest BCUT2D eigenvalue weighted by molar-refractivity contribution is -0.222. The number of nitrogens with one attached hydrogen (secondary N) is 1. The Kier molecular flexibility index (Phi) is 4.94. The van der Waals surface area contributed by atoms with E-state index >= 15 is 0 Å². The minimum atomic E-state index is -1.12. The van der Waals surface area contributed by atoms with E-state index < -0.39 is 17.3 Å². The number of rotatable bonds is 4. The Labute approximate surface area is 142 Å². The largest absolute Gasteiger partial charge is 0.388 e. The fourth-order valence-electron chi connectivity index (χ4n) is 3.76. The van der Waals surface area contributed by atoms with Crippen LogP contribution in [0.5, 0.6) is 0 Å². The first-order chi connectivity index (χ1) is 11.4. The van der Waals surface area contributed by atoms with Gasteiger partial charge in [0.15, 0.2) is 0 Å². The molecule has 0 aromatic carbocycles. The van der Waals surface area contributed by atoms with Crippen molar-refractivity contribution in [2.75, 3.05) is 19.7 Å². The molecule has 7 nitrogen and oxygen atoms in total. The van der Waals surface area contributed by atoms with Crippen LogP contribution in [0.25, 0.3) is 0 Å². The van der Waals surface area contributed by atoms with Crippen molar-refractivity contribution in [2.45, 2.75) is 62.8 Å². The van der Waals surface area contributed by atoms with Gasteiger partial charge >= 0.3 is 0 Å². The second-order valence-electron chi connectivity index (χ2n) is 7.38. The smallest absolute Gasteiger partial charge is 0.222 e. The van der Waals surface area contributed by atoms with E-state index in [0.717, 1.165) is 18.4 Å². The number of piperidine rings is 1. The normalized spacial score (nSPS) is 29.8. The lowest BCUT2D eigenvalue weighted by atomic mass is 9.76.